The molecule has 2 aliphatic heterocycles. The van der Waals surface area contributed by atoms with Gasteiger partial charge in [-0.1, -0.05) is 6.92 Å². The quantitative estimate of drug-likeness (QED) is 0.893. The summed E-state index contributed by atoms with van der Waals surface area (Å²) >= 11 is 1.48. The first-order valence-electron chi connectivity index (χ1n) is 8.78. The topological polar surface area (TPSA) is 67.9 Å². The number of anilines is 1. The minimum Gasteiger partial charge on any atom is -0.381 e. The lowest BCUT2D eigenvalue weighted by Crippen LogP contribution is -2.30. The van der Waals surface area contributed by atoms with E-state index < -0.39 is 0 Å². The maximum atomic E-state index is 12.8. The Hall–Kier alpha value is -1.44. The number of nitrogens with one attached hydrogen (secondary N) is 1. The highest BCUT2D eigenvalue weighted by Crippen LogP contribution is 2.45. The molecule has 1 fully saturated rings. The Morgan fingerprint density at radius 2 is 1.88 bits per heavy atom. The van der Waals surface area contributed by atoms with Crippen molar-refractivity contribution in [1.82, 2.24) is 4.90 Å². The van der Waals surface area contributed by atoms with Crippen LogP contribution in [0.3, 0.4) is 0 Å². The van der Waals surface area contributed by atoms with Crippen molar-refractivity contribution in [2.45, 2.75) is 38.7 Å². The van der Waals surface area contributed by atoms with E-state index in [0.29, 0.717) is 30.4 Å². The van der Waals surface area contributed by atoms with Gasteiger partial charge in [-0.3, -0.25) is 9.59 Å². The second-order valence-corrected chi connectivity index (χ2v) is 8.09. The molecule has 2 atom stereocenters. The standard InChI is InChI=1S/C18H26N2O4S/c1-10-9-24-11(2)15-13(10)14(18(22)20(3)4)17(25-15)19-16(21)12-5-7-23-8-6-12/h10-12H,5-9H2,1-4H3,(H,19,21). The highest BCUT2D eigenvalue weighted by atomic mass is 32.1. The smallest absolute Gasteiger partial charge is 0.256 e. The molecule has 1 saturated heterocycles. The van der Waals surface area contributed by atoms with Crippen LogP contribution in [0.4, 0.5) is 5.00 Å². The van der Waals surface area contributed by atoms with Gasteiger partial charge in [0, 0.05) is 44.0 Å². The normalized spacial score (nSPS) is 23.8. The number of ether oxygens (including phenoxy) is 2. The first kappa shape index (κ1) is 18.4. The first-order chi connectivity index (χ1) is 11.9. The molecule has 2 amide bonds. The van der Waals surface area contributed by atoms with Crippen LogP contribution in [0, 0.1) is 5.92 Å². The Morgan fingerprint density at radius 3 is 2.52 bits per heavy atom. The molecule has 25 heavy (non-hydrogen) atoms. The number of amides is 2. The first-order valence-corrected chi connectivity index (χ1v) is 9.60. The summed E-state index contributed by atoms with van der Waals surface area (Å²) in [5.74, 6) is -0.00646. The van der Waals surface area contributed by atoms with Crippen molar-refractivity contribution >= 4 is 28.2 Å². The Bertz CT molecular complexity index is 664. The molecule has 0 aromatic carbocycles. The van der Waals surface area contributed by atoms with Crippen LogP contribution >= 0.6 is 11.3 Å². The maximum absolute atomic E-state index is 12.8. The zero-order chi connectivity index (χ0) is 18.1. The van der Waals surface area contributed by atoms with Crippen LogP contribution in [-0.2, 0) is 14.3 Å². The van der Waals surface area contributed by atoms with Crippen molar-refractivity contribution in [2.24, 2.45) is 5.92 Å². The van der Waals surface area contributed by atoms with E-state index in [9.17, 15) is 9.59 Å². The van der Waals surface area contributed by atoms with Crippen LogP contribution in [0.5, 0.6) is 0 Å². The lowest BCUT2D eigenvalue weighted by molar-refractivity contribution is -0.122. The van der Waals surface area contributed by atoms with Crippen molar-refractivity contribution < 1.29 is 19.1 Å². The van der Waals surface area contributed by atoms with Crippen LogP contribution in [0.2, 0.25) is 0 Å². The molecule has 7 heteroatoms. The van der Waals surface area contributed by atoms with Gasteiger partial charge < -0.3 is 19.7 Å². The molecule has 1 aromatic heterocycles. The Balaban J connectivity index is 1.96. The van der Waals surface area contributed by atoms with Crippen molar-refractivity contribution in [3.8, 4) is 0 Å². The summed E-state index contributed by atoms with van der Waals surface area (Å²) in [5.41, 5.74) is 1.66. The molecule has 3 heterocycles. The van der Waals surface area contributed by atoms with Gasteiger partial charge in [-0.2, -0.15) is 0 Å². The number of fused-ring (bicyclic) bond motifs is 1. The second-order valence-electron chi connectivity index (χ2n) is 7.04. The average molecular weight is 366 g/mol. The highest BCUT2D eigenvalue weighted by Gasteiger charge is 2.34. The lowest BCUT2D eigenvalue weighted by atomic mass is 9.93. The molecule has 1 aromatic rings. The van der Waals surface area contributed by atoms with E-state index in [0.717, 1.165) is 23.3 Å². The van der Waals surface area contributed by atoms with Crippen molar-refractivity contribution in [3.05, 3.63) is 16.0 Å². The summed E-state index contributed by atoms with van der Waals surface area (Å²) in [6.07, 6.45) is 1.40. The van der Waals surface area contributed by atoms with Crippen molar-refractivity contribution in [1.29, 1.82) is 0 Å². The molecule has 2 unspecified atom stereocenters. The highest BCUT2D eigenvalue weighted by molar-refractivity contribution is 7.17. The van der Waals surface area contributed by atoms with Gasteiger partial charge in [0.05, 0.1) is 18.3 Å². The van der Waals surface area contributed by atoms with Gasteiger partial charge in [0.15, 0.2) is 0 Å². The van der Waals surface area contributed by atoms with Gasteiger partial charge >= 0.3 is 0 Å². The van der Waals surface area contributed by atoms with Gasteiger partial charge in [0.2, 0.25) is 5.91 Å². The number of hydrogen-bond acceptors (Lipinski definition) is 5. The molecule has 0 aliphatic carbocycles. The SMILES string of the molecule is CC1COC(C)c2sc(NC(=O)C3CCOCC3)c(C(=O)N(C)C)c21. The van der Waals surface area contributed by atoms with Crippen LogP contribution in [-0.4, -0.2) is 50.6 Å². The Labute approximate surface area is 152 Å². The molecular formula is C18H26N2O4S. The molecule has 2 aliphatic rings. The molecule has 138 valence electrons. The van der Waals surface area contributed by atoms with Gasteiger partial charge in [0.1, 0.15) is 5.00 Å². The average Bonchev–Trinajstić information content (AvgIpc) is 2.98. The lowest BCUT2D eigenvalue weighted by Gasteiger charge is -2.26. The molecule has 1 N–H and O–H groups in total. The predicted molar refractivity (Wildman–Crippen MR) is 97.3 cm³/mol. The Kier molecular flexibility index (Phi) is 5.46. The number of carbonyl (C=O) groups is 2. The number of hydrogen-bond donors (Lipinski definition) is 1. The fourth-order valence-electron chi connectivity index (χ4n) is 3.40. The largest absolute Gasteiger partial charge is 0.381 e. The van der Waals surface area contributed by atoms with E-state index in [-0.39, 0.29) is 29.8 Å². The minimum atomic E-state index is -0.0688. The third-order valence-corrected chi connectivity index (χ3v) is 6.16. The molecular weight excluding hydrogens is 340 g/mol. The van der Waals surface area contributed by atoms with Crippen LogP contribution in [0.25, 0.3) is 0 Å². The monoisotopic (exact) mass is 366 g/mol. The fourth-order valence-corrected chi connectivity index (χ4v) is 4.72. The van der Waals surface area contributed by atoms with E-state index >= 15 is 0 Å². The molecule has 6 nitrogen and oxygen atoms in total. The Morgan fingerprint density at radius 1 is 1.20 bits per heavy atom. The van der Waals surface area contributed by atoms with Crippen molar-refractivity contribution in [3.63, 3.8) is 0 Å². The zero-order valence-corrected chi connectivity index (χ0v) is 16.1. The number of thiophene rings is 1. The van der Waals surface area contributed by atoms with Gasteiger partial charge in [-0.05, 0) is 25.3 Å². The van der Waals surface area contributed by atoms with Crippen LogP contribution in [0.1, 0.15) is 59.5 Å². The summed E-state index contributed by atoms with van der Waals surface area (Å²) < 4.78 is 11.1. The number of nitrogens with zero attached hydrogens (tertiary/aromatic N) is 1. The summed E-state index contributed by atoms with van der Waals surface area (Å²) in [6, 6.07) is 0. The predicted octanol–water partition coefficient (Wildman–Crippen LogP) is 3.01. The zero-order valence-electron chi connectivity index (χ0n) is 15.3. The summed E-state index contributed by atoms with van der Waals surface area (Å²) in [6.45, 7) is 5.88. The van der Waals surface area contributed by atoms with E-state index in [4.69, 9.17) is 9.47 Å². The third-order valence-electron chi connectivity index (χ3n) is 4.88. The van der Waals surface area contributed by atoms with Gasteiger partial charge in [-0.25, -0.2) is 0 Å². The second kappa shape index (κ2) is 7.43. The third kappa shape index (κ3) is 3.59. The molecule has 0 saturated carbocycles. The number of rotatable bonds is 3. The van der Waals surface area contributed by atoms with E-state index in [1.54, 1.807) is 19.0 Å². The number of carbonyl (C=O) groups excluding carboxylic acids is 2. The van der Waals surface area contributed by atoms with E-state index in [2.05, 4.69) is 12.2 Å². The molecule has 0 bridgehead atoms. The minimum absolute atomic E-state index is 0.0177. The maximum Gasteiger partial charge on any atom is 0.256 e. The molecule has 3 rings (SSSR count). The fraction of sp³-hybridized carbons (Fsp3) is 0.667. The molecule has 0 radical (unpaired) electrons. The van der Waals surface area contributed by atoms with Gasteiger partial charge in [-0.15, -0.1) is 11.3 Å². The summed E-state index contributed by atoms with van der Waals surface area (Å²) in [4.78, 5) is 28.1. The summed E-state index contributed by atoms with van der Waals surface area (Å²) in [5, 5.41) is 3.69. The summed E-state index contributed by atoms with van der Waals surface area (Å²) in [7, 11) is 3.48. The molecule has 0 spiro atoms. The van der Waals surface area contributed by atoms with E-state index in [1.165, 1.54) is 11.3 Å². The van der Waals surface area contributed by atoms with Gasteiger partial charge in [0.25, 0.3) is 5.91 Å². The van der Waals surface area contributed by atoms with Crippen molar-refractivity contribution in [2.75, 3.05) is 39.2 Å². The van der Waals surface area contributed by atoms with E-state index in [1.807, 2.05) is 6.92 Å². The van der Waals surface area contributed by atoms with Crippen LogP contribution < -0.4 is 5.32 Å². The van der Waals surface area contributed by atoms with Crippen LogP contribution in [0.15, 0.2) is 0 Å².